The van der Waals surface area contributed by atoms with Gasteiger partial charge in [-0.3, -0.25) is 9.97 Å². The first-order valence-corrected chi connectivity index (χ1v) is 12.3. The Balaban J connectivity index is 1.56. The normalized spacial score (nSPS) is 10.7. The second kappa shape index (κ2) is 10.3. The molecule has 0 radical (unpaired) electrons. The Labute approximate surface area is 217 Å². The number of benzene rings is 4. The first-order chi connectivity index (χ1) is 18.3. The molecule has 2 aromatic heterocycles. The van der Waals surface area contributed by atoms with E-state index in [0.29, 0.717) is 0 Å². The summed E-state index contributed by atoms with van der Waals surface area (Å²) in [6, 6.07) is 48.3. The minimum absolute atomic E-state index is 0.941. The van der Waals surface area contributed by atoms with Gasteiger partial charge in [0.15, 0.2) is 0 Å². The third-order valence-electron chi connectivity index (χ3n) is 6.32. The summed E-state index contributed by atoms with van der Waals surface area (Å²) in [6.45, 7) is 0. The van der Waals surface area contributed by atoms with Gasteiger partial charge in [-0.05, 0) is 77.9 Å². The molecule has 0 fully saturated rings. The molecule has 0 amide bonds. The quantitative estimate of drug-likeness (QED) is 0.241. The summed E-state index contributed by atoms with van der Waals surface area (Å²) in [5.74, 6) is 0. The third kappa shape index (κ3) is 4.89. The van der Waals surface area contributed by atoms with Crippen molar-refractivity contribution >= 4 is 17.1 Å². The molecule has 3 nitrogen and oxygen atoms in total. The van der Waals surface area contributed by atoms with E-state index in [2.05, 4.69) is 112 Å². The minimum atomic E-state index is 0.941. The molecule has 37 heavy (non-hydrogen) atoms. The molecule has 6 aromatic rings. The van der Waals surface area contributed by atoms with E-state index in [1.54, 1.807) is 0 Å². The van der Waals surface area contributed by atoms with Crippen LogP contribution in [0.5, 0.6) is 0 Å². The number of anilines is 3. The van der Waals surface area contributed by atoms with E-state index >= 15 is 0 Å². The molecule has 176 valence electrons. The average molecular weight is 476 g/mol. The van der Waals surface area contributed by atoms with Gasteiger partial charge in [-0.15, -0.1) is 0 Å². The molecule has 0 aliphatic heterocycles. The van der Waals surface area contributed by atoms with Crippen molar-refractivity contribution in [1.29, 1.82) is 0 Å². The van der Waals surface area contributed by atoms with Crippen molar-refractivity contribution in [3.8, 4) is 33.6 Å². The number of hydrogen-bond acceptors (Lipinski definition) is 3. The van der Waals surface area contributed by atoms with Crippen LogP contribution in [0.15, 0.2) is 152 Å². The van der Waals surface area contributed by atoms with Crippen LogP contribution in [0.3, 0.4) is 0 Å². The molecule has 2 heterocycles. The van der Waals surface area contributed by atoms with E-state index < -0.39 is 0 Å². The molecule has 0 saturated heterocycles. The Morgan fingerprint density at radius 1 is 0.351 bits per heavy atom. The van der Waals surface area contributed by atoms with Gasteiger partial charge in [0.25, 0.3) is 0 Å². The van der Waals surface area contributed by atoms with Gasteiger partial charge in [0, 0.05) is 40.6 Å². The first-order valence-electron chi connectivity index (χ1n) is 12.3. The Kier molecular flexibility index (Phi) is 6.25. The lowest BCUT2D eigenvalue weighted by Crippen LogP contribution is -2.10. The van der Waals surface area contributed by atoms with Crippen LogP contribution in [0, 0.1) is 0 Å². The zero-order chi connectivity index (χ0) is 24.9. The van der Waals surface area contributed by atoms with Crippen molar-refractivity contribution in [3.05, 3.63) is 152 Å². The Bertz CT molecular complexity index is 1540. The fourth-order valence-corrected chi connectivity index (χ4v) is 4.58. The zero-order valence-corrected chi connectivity index (χ0v) is 20.3. The zero-order valence-electron chi connectivity index (χ0n) is 20.3. The average Bonchev–Trinajstić information content (AvgIpc) is 2.99. The molecule has 0 saturated carbocycles. The largest absolute Gasteiger partial charge is 0.310 e. The number of pyridine rings is 2. The van der Waals surface area contributed by atoms with Crippen molar-refractivity contribution in [2.75, 3.05) is 4.90 Å². The number of hydrogen-bond donors (Lipinski definition) is 0. The summed E-state index contributed by atoms with van der Waals surface area (Å²) in [4.78, 5) is 11.5. The highest BCUT2D eigenvalue weighted by Gasteiger charge is 2.16. The van der Waals surface area contributed by atoms with Gasteiger partial charge < -0.3 is 4.90 Å². The topological polar surface area (TPSA) is 29.0 Å². The fraction of sp³-hybridized carbons (Fsp3) is 0. The Morgan fingerprint density at radius 2 is 0.892 bits per heavy atom. The lowest BCUT2D eigenvalue weighted by Gasteiger charge is -2.27. The molecule has 0 bridgehead atoms. The summed E-state index contributed by atoms with van der Waals surface area (Å²) < 4.78 is 0. The number of nitrogens with zero attached hydrogens (tertiary/aromatic N) is 3. The summed E-state index contributed by atoms with van der Waals surface area (Å²) in [7, 11) is 0. The van der Waals surface area contributed by atoms with Gasteiger partial charge in [-0.1, -0.05) is 72.8 Å². The summed E-state index contributed by atoms with van der Waals surface area (Å²) in [5, 5.41) is 0. The van der Waals surface area contributed by atoms with Crippen LogP contribution < -0.4 is 4.90 Å². The van der Waals surface area contributed by atoms with Crippen LogP contribution in [0.4, 0.5) is 17.1 Å². The van der Waals surface area contributed by atoms with Crippen molar-refractivity contribution in [2.24, 2.45) is 0 Å². The summed E-state index contributed by atoms with van der Waals surface area (Å²) >= 11 is 0. The van der Waals surface area contributed by atoms with E-state index in [1.165, 1.54) is 0 Å². The van der Waals surface area contributed by atoms with Crippen molar-refractivity contribution in [3.63, 3.8) is 0 Å². The molecule has 0 spiro atoms. The smallest absolute Gasteiger partial charge is 0.0702 e. The lowest BCUT2D eigenvalue weighted by atomic mass is 9.99. The monoisotopic (exact) mass is 475 g/mol. The van der Waals surface area contributed by atoms with Gasteiger partial charge in [-0.25, -0.2) is 0 Å². The van der Waals surface area contributed by atoms with Crippen molar-refractivity contribution in [2.45, 2.75) is 0 Å². The van der Waals surface area contributed by atoms with E-state index in [9.17, 15) is 0 Å². The van der Waals surface area contributed by atoms with Crippen LogP contribution in [-0.4, -0.2) is 9.97 Å². The predicted octanol–water partition coefficient (Wildman–Crippen LogP) is 8.95. The molecule has 0 aliphatic carbocycles. The van der Waals surface area contributed by atoms with Gasteiger partial charge in [0.1, 0.15) is 0 Å². The molecule has 4 aromatic carbocycles. The van der Waals surface area contributed by atoms with Crippen LogP contribution in [0.2, 0.25) is 0 Å². The highest BCUT2D eigenvalue weighted by molar-refractivity contribution is 5.85. The predicted molar refractivity (Wildman–Crippen MR) is 153 cm³/mol. The van der Waals surface area contributed by atoms with Gasteiger partial charge >= 0.3 is 0 Å². The maximum absolute atomic E-state index is 4.66. The second-order valence-electron chi connectivity index (χ2n) is 8.79. The van der Waals surface area contributed by atoms with E-state index in [0.717, 1.165) is 50.7 Å². The molecule has 0 unspecified atom stereocenters. The molecular weight excluding hydrogens is 450 g/mol. The number of aromatic nitrogens is 2. The molecular formula is C34H25N3. The van der Waals surface area contributed by atoms with E-state index in [4.69, 9.17) is 0 Å². The maximum atomic E-state index is 4.66. The SMILES string of the molecule is c1ccc(-c2cc(-c3ccccn3)cc(N(c3ccccc3)c3cccc(-c4ccccn4)c3)c2)cc1. The fourth-order valence-electron chi connectivity index (χ4n) is 4.58. The number of para-hydroxylation sites is 1. The molecule has 0 N–H and O–H groups in total. The minimum Gasteiger partial charge on any atom is -0.310 e. The van der Waals surface area contributed by atoms with E-state index in [-0.39, 0.29) is 0 Å². The molecule has 3 heteroatoms. The standard InChI is InChI=1S/C34H25N3/c1-3-12-26(13-4-1)28-22-29(34-19-8-10-21-36-34)25-32(24-28)37(30-15-5-2-6-16-30)31-17-11-14-27(23-31)33-18-7-9-20-35-33/h1-25H. The Hall–Kier alpha value is -5.02. The molecule has 0 atom stereocenters. The molecule has 6 rings (SSSR count). The Morgan fingerprint density at radius 3 is 1.57 bits per heavy atom. The van der Waals surface area contributed by atoms with Gasteiger partial charge in [0.2, 0.25) is 0 Å². The summed E-state index contributed by atoms with van der Waals surface area (Å²) in [5.41, 5.74) is 9.54. The highest BCUT2D eigenvalue weighted by atomic mass is 15.1. The van der Waals surface area contributed by atoms with Crippen molar-refractivity contribution < 1.29 is 0 Å². The maximum Gasteiger partial charge on any atom is 0.0702 e. The van der Waals surface area contributed by atoms with Crippen LogP contribution in [0.25, 0.3) is 33.6 Å². The van der Waals surface area contributed by atoms with E-state index in [1.807, 2.05) is 54.9 Å². The van der Waals surface area contributed by atoms with Gasteiger partial charge in [0.05, 0.1) is 11.4 Å². The van der Waals surface area contributed by atoms with Gasteiger partial charge in [-0.2, -0.15) is 0 Å². The summed E-state index contributed by atoms with van der Waals surface area (Å²) in [6.07, 6.45) is 3.68. The third-order valence-corrected chi connectivity index (χ3v) is 6.32. The number of rotatable bonds is 6. The highest BCUT2D eigenvalue weighted by Crippen LogP contribution is 2.40. The van der Waals surface area contributed by atoms with Crippen LogP contribution >= 0.6 is 0 Å². The lowest BCUT2D eigenvalue weighted by molar-refractivity contribution is 1.27. The molecule has 0 aliphatic rings. The second-order valence-corrected chi connectivity index (χ2v) is 8.79. The van der Waals surface area contributed by atoms with Crippen LogP contribution in [-0.2, 0) is 0 Å². The first kappa shape index (κ1) is 22.4. The van der Waals surface area contributed by atoms with Crippen LogP contribution in [0.1, 0.15) is 0 Å². The van der Waals surface area contributed by atoms with Crippen molar-refractivity contribution in [1.82, 2.24) is 9.97 Å².